The number of amides is 3. The van der Waals surface area contributed by atoms with Crippen LogP contribution in [0, 0.1) is 12.8 Å². The Balaban J connectivity index is 1.22. The summed E-state index contributed by atoms with van der Waals surface area (Å²) in [7, 11) is 0. The van der Waals surface area contributed by atoms with Crippen molar-refractivity contribution in [1.29, 1.82) is 0 Å². The van der Waals surface area contributed by atoms with E-state index in [4.69, 9.17) is 10.3 Å². The Morgan fingerprint density at radius 3 is 2.50 bits per heavy atom. The van der Waals surface area contributed by atoms with Crippen LogP contribution in [-0.2, 0) is 4.79 Å². The molecule has 9 nitrogen and oxygen atoms in total. The number of carbonyl (C=O) groups excluding carboxylic acids is 3. The van der Waals surface area contributed by atoms with Crippen molar-refractivity contribution in [3.05, 3.63) is 57.7 Å². The molecule has 2 saturated heterocycles. The molecule has 4 heterocycles. The number of hydrogen-bond acceptors (Lipinski definition) is 7. The molecule has 2 fully saturated rings. The number of nitrogens with zero attached hydrogens (tertiary/aromatic N) is 4. The van der Waals surface area contributed by atoms with Gasteiger partial charge in [0.15, 0.2) is 0 Å². The molecule has 1 aromatic carbocycles. The van der Waals surface area contributed by atoms with E-state index in [2.05, 4.69) is 10.1 Å². The van der Waals surface area contributed by atoms with Crippen LogP contribution < -0.4 is 5.73 Å². The third-order valence-corrected chi connectivity index (χ3v) is 8.11. The summed E-state index contributed by atoms with van der Waals surface area (Å²) in [4.78, 5) is 46.1. The van der Waals surface area contributed by atoms with Crippen LogP contribution in [0.15, 0.2) is 40.2 Å². The Kier molecular flexibility index (Phi) is 6.86. The van der Waals surface area contributed by atoms with E-state index in [0.29, 0.717) is 48.9 Å². The largest absolute Gasteiger partial charge is 0.369 e. The number of thiazole rings is 1. The average Bonchev–Trinajstić information content (AvgIpc) is 3.56. The second-order valence-electron chi connectivity index (χ2n) is 9.46. The van der Waals surface area contributed by atoms with Crippen molar-refractivity contribution in [3.8, 4) is 11.3 Å². The molecule has 188 valence electrons. The number of aromatic nitrogens is 2. The molecule has 5 rings (SSSR count). The first-order valence-corrected chi connectivity index (χ1v) is 13.1. The standard InChI is InChI=1S/C26H29N5O4S/c1-16-21(22(29-35-16)17-6-3-2-4-7-17)26(34)30-12-9-18(10-13-30)24-28-20(15-36-24)25(33)31-11-5-8-19(14-31)23(27)32/h2-4,6-7,15,18-19H,5,8-14H2,1H3,(H2,27,32). The van der Waals surface area contributed by atoms with Crippen molar-refractivity contribution >= 4 is 29.1 Å². The summed E-state index contributed by atoms with van der Waals surface area (Å²) < 4.78 is 5.38. The minimum absolute atomic E-state index is 0.0739. The van der Waals surface area contributed by atoms with Crippen LogP contribution in [0.4, 0.5) is 0 Å². The maximum absolute atomic E-state index is 13.4. The van der Waals surface area contributed by atoms with Gasteiger partial charge >= 0.3 is 0 Å². The first-order valence-electron chi connectivity index (χ1n) is 12.3. The summed E-state index contributed by atoms with van der Waals surface area (Å²) in [6, 6.07) is 9.57. The van der Waals surface area contributed by atoms with E-state index in [1.165, 1.54) is 11.3 Å². The zero-order chi connectivity index (χ0) is 25.2. The van der Waals surface area contributed by atoms with Gasteiger partial charge in [0, 0.05) is 43.0 Å². The molecule has 2 N–H and O–H groups in total. The first kappa shape index (κ1) is 24.2. The minimum atomic E-state index is -0.356. The number of likely N-dealkylation sites (tertiary alicyclic amines) is 2. The number of aryl methyl sites for hydroxylation is 1. The molecule has 0 spiro atoms. The molecular weight excluding hydrogens is 478 g/mol. The van der Waals surface area contributed by atoms with Crippen molar-refractivity contribution in [2.75, 3.05) is 26.2 Å². The van der Waals surface area contributed by atoms with Crippen LogP contribution in [0.5, 0.6) is 0 Å². The van der Waals surface area contributed by atoms with Gasteiger partial charge in [-0.05, 0) is 32.6 Å². The Bertz CT molecular complexity index is 1260. The van der Waals surface area contributed by atoms with Crippen molar-refractivity contribution in [1.82, 2.24) is 19.9 Å². The molecule has 2 aliphatic rings. The van der Waals surface area contributed by atoms with Gasteiger partial charge in [-0.25, -0.2) is 4.98 Å². The summed E-state index contributed by atoms with van der Waals surface area (Å²) in [6.45, 7) is 3.93. The van der Waals surface area contributed by atoms with Crippen molar-refractivity contribution in [3.63, 3.8) is 0 Å². The van der Waals surface area contributed by atoms with E-state index in [1.54, 1.807) is 17.2 Å². The van der Waals surface area contributed by atoms with Crippen LogP contribution in [-0.4, -0.2) is 63.8 Å². The predicted octanol–water partition coefficient (Wildman–Crippen LogP) is 3.46. The Morgan fingerprint density at radius 2 is 1.78 bits per heavy atom. The third kappa shape index (κ3) is 4.77. The Morgan fingerprint density at radius 1 is 1.03 bits per heavy atom. The number of hydrogen-bond donors (Lipinski definition) is 1. The minimum Gasteiger partial charge on any atom is -0.369 e. The molecule has 2 aromatic heterocycles. The SMILES string of the molecule is Cc1onc(-c2ccccc2)c1C(=O)N1CCC(c2nc(C(=O)N3CCCC(C(N)=O)C3)cs2)CC1. The number of benzene rings is 1. The number of piperidine rings is 2. The fraction of sp³-hybridized carbons (Fsp3) is 0.423. The van der Waals surface area contributed by atoms with Gasteiger partial charge in [-0.2, -0.15) is 0 Å². The Labute approximate surface area is 213 Å². The first-order chi connectivity index (χ1) is 17.4. The highest BCUT2D eigenvalue weighted by atomic mass is 32.1. The normalized spacial score (nSPS) is 18.9. The molecule has 3 amide bonds. The van der Waals surface area contributed by atoms with E-state index >= 15 is 0 Å². The fourth-order valence-corrected chi connectivity index (χ4v) is 6.00. The number of carbonyl (C=O) groups is 3. The molecular formula is C26H29N5O4S. The molecule has 1 unspecified atom stereocenters. The number of rotatable bonds is 5. The summed E-state index contributed by atoms with van der Waals surface area (Å²) in [5, 5.41) is 6.86. The molecule has 1 atom stereocenters. The van der Waals surface area contributed by atoms with E-state index in [-0.39, 0.29) is 29.6 Å². The van der Waals surface area contributed by atoms with Gasteiger partial charge in [-0.15, -0.1) is 11.3 Å². The Hall–Kier alpha value is -3.53. The van der Waals surface area contributed by atoms with Crippen molar-refractivity contribution in [2.45, 2.75) is 38.5 Å². The highest BCUT2D eigenvalue weighted by Gasteiger charge is 2.32. The van der Waals surface area contributed by atoms with Gasteiger partial charge in [-0.1, -0.05) is 35.5 Å². The summed E-state index contributed by atoms with van der Waals surface area (Å²) in [5.41, 5.74) is 7.81. The highest BCUT2D eigenvalue weighted by molar-refractivity contribution is 7.09. The molecule has 0 bridgehead atoms. The molecule has 0 aliphatic carbocycles. The summed E-state index contributed by atoms with van der Waals surface area (Å²) >= 11 is 1.49. The van der Waals surface area contributed by atoms with Gasteiger partial charge in [0.1, 0.15) is 22.7 Å². The molecule has 0 radical (unpaired) electrons. The smallest absolute Gasteiger partial charge is 0.273 e. The number of nitrogens with two attached hydrogens (primary N) is 1. The summed E-state index contributed by atoms with van der Waals surface area (Å²) in [6.07, 6.45) is 3.02. The van der Waals surface area contributed by atoms with Gasteiger partial charge in [-0.3, -0.25) is 14.4 Å². The molecule has 3 aromatic rings. The second-order valence-corrected chi connectivity index (χ2v) is 10.3. The van der Waals surface area contributed by atoms with E-state index < -0.39 is 0 Å². The second kappa shape index (κ2) is 10.2. The highest BCUT2D eigenvalue weighted by Crippen LogP contribution is 2.33. The molecule has 0 saturated carbocycles. The fourth-order valence-electron chi connectivity index (χ4n) is 5.03. The predicted molar refractivity (Wildman–Crippen MR) is 134 cm³/mol. The monoisotopic (exact) mass is 507 g/mol. The van der Waals surface area contributed by atoms with Crippen LogP contribution in [0.2, 0.25) is 0 Å². The van der Waals surface area contributed by atoms with Gasteiger partial charge in [0.05, 0.1) is 10.9 Å². The van der Waals surface area contributed by atoms with Crippen molar-refractivity contribution < 1.29 is 18.9 Å². The van der Waals surface area contributed by atoms with E-state index in [0.717, 1.165) is 36.3 Å². The van der Waals surface area contributed by atoms with Crippen LogP contribution in [0.25, 0.3) is 11.3 Å². The van der Waals surface area contributed by atoms with E-state index in [1.807, 2.05) is 35.2 Å². The maximum Gasteiger partial charge on any atom is 0.273 e. The zero-order valence-electron chi connectivity index (χ0n) is 20.2. The molecule has 36 heavy (non-hydrogen) atoms. The topological polar surface area (TPSA) is 123 Å². The lowest BCUT2D eigenvalue weighted by Crippen LogP contribution is -2.44. The van der Waals surface area contributed by atoms with Crippen LogP contribution in [0.1, 0.15) is 63.2 Å². The lowest BCUT2D eigenvalue weighted by Gasteiger charge is -2.31. The zero-order valence-corrected chi connectivity index (χ0v) is 21.0. The van der Waals surface area contributed by atoms with Crippen molar-refractivity contribution in [2.24, 2.45) is 11.7 Å². The van der Waals surface area contributed by atoms with Gasteiger partial charge < -0.3 is 20.1 Å². The molecule has 10 heteroatoms. The summed E-state index contributed by atoms with van der Waals surface area (Å²) in [5.74, 6) is -0.162. The lowest BCUT2D eigenvalue weighted by molar-refractivity contribution is -0.123. The van der Waals surface area contributed by atoms with Gasteiger partial charge in [0.2, 0.25) is 5.91 Å². The maximum atomic E-state index is 13.4. The lowest BCUT2D eigenvalue weighted by atomic mass is 9.96. The van der Waals surface area contributed by atoms with Gasteiger partial charge in [0.25, 0.3) is 11.8 Å². The molecule has 2 aliphatic heterocycles. The average molecular weight is 508 g/mol. The number of primary amides is 1. The van der Waals surface area contributed by atoms with E-state index in [9.17, 15) is 14.4 Å². The quantitative estimate of drug-likeness (QED) is 0.564. The van der Waals surface area contributed by atoms with Crippen LogP contribution >= 0.6 is 11.3 Å². The van der Waals surface area contributed by atoms with Crippen LogP contribution in [0.3, 0.4) is 0 Å². The third-order valence-electron chi connectivity index (χ3n) is 7.11.